The summed E-state index contributed by atoms with van der Waals surface area (Å²) in [5.41, 5.74) is 7.57. The molecule has 0 aliphatic carbocycles. The van der Waals surface area contributed by atoms with Crippen LogP contribution >= 0.6 is 0 Å². The van der Waals surface area contributed by atoms with E-state index in [4.69, 9.17) is 10.5 Å². The molecule has 0 amide bonds. The van der Waals surface area contributed by atoms with E-state index in [0.717, 1.165) is 11.4 Å². The van der Waals surface area contributed by atoms with Gasteiger partial charge in [0, 0.05) is 17.3 Å². The summed E-state index contributed by atoms with van der Waals surface area (Å²) < 4.78 is 5.44. The van der Waals surface area contributed by atoms with Gasteiger partial charge in [0.25, 0.3) is 0 Å². The average molecular weight is 164 g/mol. The maximum absolute atomic E-state index is 5.62. The highest BCUT2D eigenvalue weighted by Crippen LogP contribution is 2.33. The Bertz CT molecular complexity index is 299. The number of nitrogen functional groups attached to an aromatic ring is 1. The molecule has 12 heavy (non-hydrogen) atoms. The monoisotopic (exact) mass is 164 g/mol. The maximum atomic E-state index is 5.62. The predicted molar refractivity (Wildman–Crippen MR) is 48.2 cm³/mol. The fraction of sp³-hybridized carbons (Fsp3) is 0.333. The topological polar surface area (TPSA) is 47.3 Å². The molecule has 3 N–H and O–H groups in total. The van der Waals surface area contributed by atoms with Gasteiger partial charge in [0.15, 0.2) is 0 Å². The van der Waals surface area contributed by atoms with Gasteiger partial charge < -0.3 is 15.8 Å². The molecular weight excluding hydrogens is 152 g/mol. The second-order valence-corrected chi connectivity index (χ2v) is 2.95. The second kappa shape index (κ2) is 2.68. The number of nitrogens with one attached hydrogen (secondary N) is 1. The van der Waals surface area contributed by atoms with Crippen LogP contribution in [0, 0.1) is 0 Å². The molecular formula is C9H12N2O. The predicted octanol–water partition coefficient (Wildman–Crippen LogP) is 0.922. The Morgan fingerprint density at radius 2 is 2.42 bits per heavy atom. The van der Waals surface area contributed by atoms with E-state index < -0.39 is 0 Å². The van der Waals surface area contributed by atoms with Crippen LogP contribution in [-0.4, -0.2) is 13.7 Å². The van der Waals surface area contributed by atoms with Crippen LogP contribution in [0.3, 0.4) is 0 Å². The highest BCUT2D eigenvalue weighted by molar-refractivity contribution is 5.51. The summed E-state index contributed by atoms with van der Waals surface area (Å²) in [7, 11) is 1.93. The summed E-state index contributed by atoms with van der Waals surface area (Å²) in [5, 5.41) is 3.17. The fourth-order valence-corrected chi connectivity index (χ4v) is 1.47. The summed E-state index contributed by atoms with van der Waals surface area (Å²) in [6, 6.07) is 6.10. The van der Waals surface area contributed by atoms with E-state index in [0.29, 0.717) is 12.6 Å². The molecule has 1 aromatic rings. The molecule has 0 saturated carbocycles. The van der Waals surface area contributed by atoms with E-state index in [2.05, 4.69) is 5.32 Å². The summed E-state index contributed by atoms with van der Waals surface area (Å²) in [6.45, 7) is 0.704. The van der Waals surface area contributed by atoms with E-state index in [1.807, 2.05) is 25.2 Å². The van der Waals surface area contributed by atoms with Crippen molar-refractivity contribution in [1.82, 2.24) is 5.32 Å². The highest BCUT2D eigenvalue weighted by Gasteiger charge is 2.21. The first-order valence-corrected chi connectivity index (χ1v) is 4.01. The lowest BCUT2D eigenvalue weighted by Crippen LogP contribution is -2.17. The number of nitrogens with two attached hydrogens (primary N) is 1. The van der Waals surface area contributed by atoms with Crippen molar-refractivity contribution in [2.24, 2.45) is 0 Å². The largest absolute Gasteiger partial charge is 0.491 e. The van der Waals surface area contributed by atoms with E-state index in [9.17, 15) is 0 Å². The lowest BCUT2D eigenvalue weighted by atomic mass is 10.1. The van der Waals surface area contributed by atoms with E-state index in [1.165, 1.54) is 5.56 Å². The Morgan fingerprint density at radius 3 is 3.17 bits per heavy atom. The molecule has 0 aromatic heterocycles. The van der Waals surface area contributed by atoms with Gasteiger partial charge in [0.05, 0.1) is 6.04 Å². The van der Waals surface area contributed by atoms with Crippen LogP contribution in [0.1, 0.15) is 11.6 Å². The minimum Gasteiger partial charge on any atom is -0.491 e. The number of ether oxygens (including phenoxy) is 1. The standard InChI is InChI=1S/C9H12N2O/c1-11-8-5-12-9-4-6(10)2-3-7(8)9/h2-4,8,11H,5,10H2,1H3. The van der Waals surface area contributed by atoms with Crippen molar-refractivity contribution in [2.45, 2.75) is 6.04 Å². The van der Waals surface area contributed by atoms with Crippen LogP contribution in [0.4, 0.5) is 5.69 Å². The van der Waals surface area contributed by atoms with Gasteiger partial charge in [-0.05, 0) is 13.1 Å². The van der Waals surface area contributed by atoms with Crippen LogP contribution in [0.25, 0.3) is 0 Å². The number of hydrogen-bond donors (Lipinski definition) is 2. The summed E-state index contributed by atoms with van der Waals surface area (Å²) in [4.78, 5) is 0. The zero-order valence-electron chi connectivity index (χ0n) is 7.00. The molecule has 0 saturated heterocycles. The van der Waals surface area contributed by atoms with Crippen molar-refractivity contribution in [1.29, 1.82) is 0 Å². The molecule has 2 rings (SSSR count). The number of rotatable bonds is 1. The van der Waals surface area contributed by atoms with Crippen LogP contribution in [-0.2, 0) is 0 Å². The van der Waals surface area contributed by atoms with Crippen molar-refractivity contribution in [3.63, 3.8) is 0 Å². The van der Waals surface area contributed by atoms with Crippen molar-refractivity contribution >= 4 is 5.69 Å². The first-order chi connectivity index (χ1) is 5.81. The Kier molecular flexibility index (Phi) is 1.66. The van der Waals surface area contributed by atoms with Gasteiger partial charge >= 0.3 is 0 Å². The van der Waals surface area contributed by atoms with Crippen molar-refractivity contribution in [3.8, 4) is 5.75 Å². The zero-order valence-corrected chi connectivity index (χ0v) is 7.00. The minimum atomic E-state index is 0.320. The van der Waals surface area contributed by atoms with Crippen molar-refractivity contribution in [3.05, 3.63) is 23.8 Å². The molecule has 0 radical (unpaired) electrons. The van der Waals surface area contributed by atoms with Crippen molar-refractivity contribution < 1.29 is 4.74 Å². The molecule has 1 aliphatic heterocycles. The van der Waals surface area contributed by atoms with Crippen LogP contribution < -0.4 is 15.8 Å². The maximum Gasteiger partial charge on any atom is 0.126 e. The molecule has 1 aliphatic rings. The van der Waals surface area contributed by atoms with Gasteiger partial charge in [-0.1, -0.05) is 6.07 Å². The summed E-state index contributed by atoms with van der Waals surface area (Å²) in [5.74, 6) is 0.911. The van der Waals surface area contributed by atoms with Gasteiger partial charge in [-0.25, -0.2) is 0 Å². The molecule has 1 heterocycles. The molecule has 64 valence electrons. The third-order valence-electron chi connectivity index (χ3n) is 2.17. The third kappa shape index (κ3) is 1.02. The first kappa shape index (κ1) is 7.43. The van der Waals surface area contributed by atoms with Crippen molar-refractivity contribution in [2.75, 3.05) is 19.4 Å². The van der Waals surface area contributed by atoms with E-state index in [-0.39, 0.29) is 0 Å². The SMILES string of the molecule is CNC1COc2cc(N)ccc21. The Labute approximate surface area is 71.5 Å². The molecule has 3 heteroatoms. The number of likely N-dealkylation sites (N-methyl/N-ethyl adjacent to an activating group) is 1. The molecule has 0 bridgehead atoms. The molecule has 1 atom stereocenters. The Balaban J connectivity index is 2.40. The number of fused-ring (bicyclic) bond motifs is 1. The van der Waals surface area contributed by atoms with Gasteiger partial charge in [0.2, 0.25) is 0 Å². The highest BCUT2D eigenvalue weighted by atomic mass is 16.5. The minimum absolute atomic E-state index is 0.320. The molecule has 1 aromatic carbocycles. The van der Waals surface area contributed by atoms with E-state index in [1.54, 1.807) is 0 Å². The van der Waals surface area contributed by atoms with Crippen LogP contribution in [0.2, 0.25) is 0 Å². The van der Waals surface area contributed by atoms with E-state index >= 15 is 0 Å². The third-order valence-corrected chi connectivity index (χ3v) is 2.17. The quantitative estimate of drug-likeness (QED) is 0.607. The fourth-order valence-electron chi connectivity index (χ4n) is 1.47. The average Bonchev–Trinajstić information content (AvgIpc) is 2.46. The first-order valence-electron chi connectivity index (χ1n) is 4.01. The number of benzene rings is 1. The van der Waals surface area contributed by atoms with Gasteiger partial charge in [-0.2, -0.15) is 0 Å². The Morgan fingerprint density at radius 1 is 1.58 bits per heavy atom. The zero-order chi connectivity index (χ0) is 8.55. The van der Waals surface area contributed by atoms with Gasteiger partial charge in [-0.15, -0.1) is 0 Å². The molecule has 0 spiro atoms. The second-order valence-electron chi connectivity index (χ2n) is 2.95. The smallest absolute Gasteiger partial charge is 0.126 e. The Hall–Kier alpha value is -1.22. The lowest BCUT2D eigenvalue weighted by molar-refractivity contribution is 0.318. The number of anilines is 1. The normalized spacial score (nSPS) is 20.2. The molecule has 0 fully saturated rings. The van der Waals surface area contributed by atoms with Crippen LogP contribution in [0.15, 0.2) is 18.2 Å². The summed E-state index contributed by atoms with van der Waals surface area (Å²) in [6.07, 6.45) is 0. The molecule has 1 unspecified atom stereocenters. The van der Waals surface area contributed by atoms with Gasteiger partial charge in [0.1, 0.15) is 12.4 Å². The van der Waals surface area contributed by atoms with Gasteiger partial charge in [-0.3, -0.25) is 0 Å². The number of hydrogen-bond acceptors (Lipinski definition) is 3. The lowest BCUT2D eigenvalue weighted by Gasteiger charge is -2.05. The molecule has 3 nitrogen and oxygen atoms in total. The van der Waals surface area contributed by atoms with Crippen LogP contribution in [0.5, 0.6) is 5.75 Å². The summed E-state index contributed by atoms with van der Waals surface area (Å²) >= 11 is 0.